The topological polar surface area (TPSA) is 59.2 Å². The molecule has 1 aliphatic carbocycles. The summed E-state index contributed by atoms with van der Waals surface area (Å²) in [7, 11) is 0. The highest BCUT2D eigenvalue weighted by atomic mass is 32.1. The van der Waals surface area contributed by atoms with Crippen molar-refractivity contribution >= 4 is 33.1 Å². The molecule has 2 fully saturated rings. The zero-order valence-corrected chi connectivity index (χ0v) is 17.2. The maximum Gasteiger partial charge on any atom is 0.266 e. The van der Waals surface area contributed by atoms with Crippen molar-refractivity contribution in [3.63, 3.8) is 0 Å². The molecule has 2 aliphatic rings. The number of pyridine rings is 1. The number of piperidine rings is 1. The van der Waals surface area contributed by atoms with Crippen LogP contribution in [0.15, 0.2) is 12.1 Å². The zero-order valence-electron chi connectivity index (χ0n) is 16.4. The van der Waals surface area contributed by atoms with Crippen LogP contribution in [-0.2, 0) is 0 Å². The molecular weight excluding hydrogens is 342 g/mol. The van der Waals surface area contributed by atoms with Gasteiger partial charge in [-0.05, 0) is 48.1 Å². The van der Waals surface area contributed by atoms with Crippen LogP contribution in [0.2, 0.25) is 0 Å². The Hall–Kier alpha value is -1.62. The minimum Gasteiger partial charge on any atom is -0.397 e. The first-order valence-electron chi connectivity index (χ1n) is 9.61. The molecule has 1 saturated heterocycles. The number of nitrogens with zero attached hydrogens (tertiary/aromatic N) is 2. The average Bonchev–Trinajstić information content (AvgIpc) is 2.98. The minimum absolute atomic E-state index is 0.0959. The highest BCUT2D eigenvalue weighted by molar-refractivity contribution is 7.21. The summed E-state index contributed by atoms with van der Waals surface area (Å²) in [5, 5.41) is 0.912. The SMILES string of the molecule is CC(C)c1ccc2c(N)c(C(=O)N3CCC4(C)CC3C(C)(C)C4)sc2n1. The molecule has 4 rings (SSSR count). The Morgan fingerprint density at radius 3 is 2.77 bits per heavy atom. The van der Waals surface area contributed by atoms with E-state index in [-0.39, 0.29) is 11.3 Å². The standard InChI is InChI=1S/C21H29N3OS/c1-12(2)14-7-6-13-16(22)17(26-18(13)23-14)19(25)24-9-8-21(5)10-15(24)20(3,4)11-21/h6-7,12,15H,8-11,22H2,1-5H3. The summed E-state index contributed by atoms with van der Waals surface area (Å²) in [5.41, 5.74) is 8.57. The lowest BCUT2D eigenvalue weighted by Crippen LogP contribution is -2.48. The maximum atomic E-state index is 13.4. The van der Waals surface area contributed by atoms with Crippen LogP contribution in [0.25, 0.3) is 10.2 Å². The summed E-state index contributed by atoms with van der Waals surface area (Å²) < 4.78 is 0. The first-order chi connectivity index (χ1) is 12.1. The highest BCUT2D eigenvalue weighted by Gasteiger charge is 2.53. The van der Waals surface area contributed by atoms with Gasteiger partial charge in [-0.1, -0.05) is 34.6 Å². The summed E-state index contributed by atoms with van der Waals surface area (Å²) in [6, 6.07) is 4.35. The van der Waals surface area contributed by atoms with Crippen LogP contribution in [-0.4, -0.2) is 28.4 Å². The van der Waals surface area contributed by atoms with Crippen LogP contribution >= 0.6 is 11.3 Å². The number of anilines is 1. The first kappa shape index (κ1) is 17.8. The Morgan fingerprint density at radius 1 is 1.35 bits per heavy atom. The summed E-state index contributed by atoms with van der Waals surface area (Å²) >= 11 is 1.46. The van der Waals surface area contributed by atoms with Gasteiger partial charge in [0.15, 0.2) is 0 Å². The van der Waals surface area contributed by atoms with Gasteiger partial charge in [-0.2, -0.15) is 0 Å². The number of rotatable bonds is 2. The van der Waals surface area contributed by atoms with E-state index in [2.05, 4.69) is 39.5 Å². The van der Waals surface area contributed by atoms with E-state index in [0.29, 0.717) is 27.9 Å². The number of thiophene rings is 1. The molecule has 3 heterocycles. The van der Waals surface area contributed by atoms with Gasteiger partial charge in [0.25, 0.3) is 5.91 Å². The number of fused-ring (bicyclic) bond motifs is 3. The second-order valence-corrected chi connectivity index (χ2v) is 10.5. The van der Waals surface area contributed by atoms with E-state index < -0.39 is 0 Å². The van der Waals surface area contributed by atoms with E-state index in [9.17, 15) is 4.79 Å². The fourth-order valence-corrected chi connectivity index (χ4v) is 6.22. The van der Waals surface area contributed by atoms with Crippen LogP contribution in [0, 0.1) is 10.8 Å². The summed E-state index contributed by atoms with van der Waals surface area (Å²) in [6.07, 6.45) is 3.38. The summed E-state index contributed by atoms with van der Waals surface area (Å²) in [6.45, 7) is 12.1. The van der Waals surface area contributed by atoms with Gasteiger partial charge in [0.05, 0.1) is 5.69 Å². The van der Waals surface area contributed by atoms with E-state index in [4.69, 9.17) is 10.7 Å². The largest absolute Gasteiger partial charge is 0.397 e. The molecule has 0 aromatic carbocycles. The van der Waals surface area contributed by atoms with Crippen LogP contribution in [0.4, 0.5) is 5.69 Å². The molecule has 2 aromatic heterocycles. The fourth-order valence-electron chi connectivity index (χ4n) is 5.17. The molecule has 2 bridgehead atoms. The third kappa shape index (κ3) is 2.63. The van der Waals surface area contributed by atoms with Crippen LogP contribution in [0.5, 0.6) is 0 Å². The number of hydrogen-bond acceptors (Lipinski definition) is 4. The molecule has 1 amide bonds. The molecule has 26 heavy (non-hydrogen) atoms. The molecular formula is C21H29N3OS. The molecule has 2 N–H and O–H groups in total. The number of aromatic nitrogens is 1. The van der Waals surface area contributed by atoms with Crippen LogP contribution in [0.3, 0.4) is 0 Å². The molecule has 0 spiro atoms. The highest BCUT2D eigenvalue weighted by Crippen LogP contribution is 2.56. The number of amides is 1. The van der Waals surface area contributed by atoms with Gasteiger partial charge in [-0.25, -0.2) is 4.98 Å². The van der Waals surface area contributed by atoms with Gasteiger partial charge in [0, 0.05) is 23.7 Å². The van der Waals surface area contributed by atoms with Crippen LogP contribution in [0.1, 0.15) is 75.2 Å². The Labute approximate surface area is 159 Å². The predicted octanol–water partition coefficient (Wildman–Crippen LogP) is 5.04. The van der Waals surface area contributed by atoms with Gasteiger partial charge < -0.3 is 10.6 Å². The number of nitrogens with two attached hydrogens (primary N) is 1. The molecule has 2 unspecified atom stereocenters. The summed E-state index contributed by atoms with van der Waals surface area (Å²) in [4.78, 5) is 21.8. The summed E-state index contributed by atoms with van der Waals surface area (Å²) in [5.74, 6) is 0.458. The number of likely N-dealkylation sites (tertiary alicyclic amines) is 1. The van der Waals surface area contributed by atoms with Crippen molar-refractivity contribution < 1.29 is 4.79 Å². The van der Waals surface area contributed by atoms with Gasteiger partial charge in [0.1, 0.15) is 9.71 Å². The van der Waals surface area contributed by atoms with Crippen molar-refractivity contribution in [2.45, 2.75) is 65.8 Å². The van der Waals surface area contributed by atoms with Gasteiger partial charge in [-0.15, -0.1) is 11.3 Å². The number of carbonyl (C=O) groups is 1. The lowest BCUT2D eigenvalue weighted by molar-refractivity contribution is 0.0480. The van der Waals surface area contributed by atoms with Crippen molar-refractivity contribution in [2.24, 2.45) is 10.8 Å². The average molecular weight is 372 g/mol. The monoisotopic (exact) mass is 371 g/mol. The van der Waals surface area contributed by atoms with Crippen molar-refractivity contribution in [1.82, 2.24) is 9.88 Å². The van der Waals surface area contributed by atoms with E-state index in [0.717, 1.165) is 35.3 Å². The Kier molecular flexibility index (Phi) is 3.89. The Morgan fingerprint density at radius 2 is 2.08 bits per heavy atom. The molecule has 1 aliphatic heterocycles. The molecule has 0 radical (unpaired) electrons. The smallest absolute Gasteiger partial charge is 0.266 e. The third-order valence-corrected chi connectivity index (χ3v) is 7.57. The lowest BCUT2D eigenvalue weighted by Gasteiger charge is -2.40. The van der Waals surface area contributed by atoms with Crippen LogP contribution < -0.4 is 5.73 Å². The predicted molar refractivity (Wildman–Crippen MR) is 109 cm³/mol. The Bertz CT molecular complexity index is 885. The maximum absolute atomic E-state index is 13.4. The quantitative estimate of drug-likeness (QED) is 0.804. The van der Waals surface area contributed by atoms with Gasteiger partial charge in [0.2, 0.25) is 0 Å². The number of nitrogen functional groups attached to an aromatic ring is 1. The molecule has 2 aromatic rings. The van der Waals surface area contributed by atoms with Crippen molar-refractivity contribution in [1.29, 1.82) is 0 Å². The van der Waals surface area contributed by atoms with Gasteiger partial charge >= 0.3 is 0 Å². The molecule has 5 heteroatoms. The fraction of sp³-hybridized carbons (Fsp3) is 0.619. The molecule has 1 saturated carbocycles. The van der Waals surface area contributed by atoms with E-state index in [1.807, 2.05) is 12.1 Å². The lowest BCUT2D eigenvalue weighted by atomic mass is 9.81. The normalized spacial score (nSPS) is 27.5. The van der Waals surface area contributed by atoms with E-state index in [1.54, 1.807) is 0 Å². The molecule has 4 nitrogen and oxygen atoms in total. The second-order valence-electron chi connectivity index (χ2n) is 9.53. The molecule has 140 valence electrons. The number of carbonyl (C=O) groups excluding carboxylic acids is 1. The first-order valence-corrected chi connectivity index (χ1v) is 10.4. The number of hydrogen-bond donors (Lipinski definition) is 1. The van der Waals surface area contributed by atoms with Crippen molar-refractivity contribution in [3.8, 4) is 0 Å². The van der Waals surface area contributed by atoms with Crippen molar-refractivity contribution in [3.05, 3.63) is 22.7 Å². The van der Waals surface area contributed by atoms with Gasteiger partial charge in [-0.3, -0.25) is 4.79 Å². The Balaban J connectivity index is 1.71. The molecule has 2 atom stereocenters. The second kappa shape index (κ2) is 5.69. The third-order valence-electron chi connectivity index (χ3n) is 6.47. The van der Waals surface area contributed by atoms with E-state index in [1.165, 1.54) is 17.8 Å². The zero-order chi connectivity index (χ0) is 18.9. The minimum atomic E-state index is 0.0959. The van der Waals surface area contributed by atoms with Crippen molar-refractivity contribution in [2.75, 3.05) is 12.3 Å². The van der Waals surface area contributed by atoms with E-state index >= 15 is 0 Å².